The SMILES string of the molecule is C=COCCCNCc1cccc(Cl)c1O. The summed E-state index contributed by atoms with van der Waals surface area (Å²) in [5.41, 5.74) is 0.803. The van der Waals surface area contributed by atoms with Crippen LogP contribution in [0.15, 0.2) is 31.0 Å². The van der Waals surface area contributed by atoms with E-state index in [-0.39, 0.29) is 5.75 Å². The highest BCUT2D eigenvalue weighted by Crippen LogP contribution is 2.26. The molecule has 0 aliphatic heterocycles. The predicted molar refractivity (Wildman–Crippen MR) is 65.6 cm³/mol. The summed E-state index contributed by atoms with van der Waals surface area (Å²) in [5.74, 6) is 0.152. The average Bonchev–Trinajstić information content (AvgIpc) is 2.29. The number of hydrogen-bond acceptors (Lipinski definition) is 3. The van der Waals surface area contributed by atoms with Crippen LogP contribution in [0.4, 0.5) is 0 Å². The van der Waals surface area contributed by atoms with Crippen molar-refractivity contribution in [3.63, 3.8) is 0 Å². The molecule has 88 valence electrons. The van der Waals surface area contributed by atoms with Crippen molar-refractivity contribution in [2.75, 3.05) is 13.2 Å². The minimum absolute atomic E-state index is 0.152. The van der Waals surface area contributed by atoms with Crippen LogP contribution in [0.25, 0.3) is 0 Å². The van der Waals surface area contributed by atoms with Crippen LogP contribution in [0, 0.1) is 0 Å². The van der Waals surface area contributed by atoms with Crippen LogP contribution >= 0.6 is 11.6 Å². The maximum Gasteiger partial charge on any atom is 0.138 e. The molecule has 0 aliphatic carbocycles. The highest BCUT2D eigenvalue weighted by molar-refractivity contribution is 6.32. The highest BCUT2D eigenvalue weighted by Gasteiger charge is 2.03. The molecule has 0 bridgehead atoms. The number of aromatic hydroxyl groups is 1. The molecule has 0 aliphatic rings. The van der Waals surface area contributed by atoms with Crippen LogP contribution in [0.5, 0.6) is 5.75 Å². The second kappa shape index (κ2) is 7.14. The third-order valence-electron chi connectivity index (χ3n) is 2.12. The average molecular weight is 242 g/mol. The van der Waals surface area contributed by atoms with Gasteiger partial charge in [-0.1, -0.05) is 30.3 Å². The summed E-state index contributed by atoms with van der Waals surface area (Å²) in [6.45, 7) is 5.52. The van der Waals surface area contributed by atoms with Gasteiger partial charge in [-0.15, -0.1) is 0 Å². The second-order valence-corrected chi connectivity index (χ2v) is 3.72. The first kappa shape index (κ1) is 12.9. The van der Waals surface area contributed by atoms with E-state index in [0.29, 0.717) is 18.2 Å². The van der Waals surface area contributed by atoms with Crippen LogP contribution in [-0.2, 0) is 11.3 Å². The standard InChI is InChI=1S/C12H16ClNO2/c1-2-16-8-4-7-14-9-10-5-3-6-11(13)12(10)15/h2-3,5-6,14-15H,1,4,7-9H2. The fourth-order valence-corrected chi connectivity index (χ4v) is 1.48. The summed E-state index contributed by atoms with van der Waals surface area (Å²) in [6.07, 6.45) is 2.33. The quantitative estimate of drug-likeness (QED) is 0.570. The third kappa shape index (κ3) is 4.13. The summed E-state index contributed by atoms with van der Waals surface area (Å²) in [4.78, 5) is 0. The Balaban J connectivity index is 2.26. The van der Waals surface area contributed by atoms with Gasteiger partial charge < -0.3 is 15.2 Å². The van der Waals surface area contributed by atoms with Gasteiger partial charge in [0, 0.05) is 12.1 Å². The molecule has 1 aromatic rings. The molecule has 0 spiro atoms. The molecule has 0 saturated heterocycles. The molecule has 0 saturated carbocycles. The molecule has 2 N–H and O–H groups in total. The number of para-hydroxylation sites is 1. The summed E-state index contributed by atoms with van der Waals surface area (Å²) in [5, 5.41) is 13.2. The van der Waals surface area contributed by atoms with E-state index in [9.17, 15) is 5.11 Å². The van der Waals surface area contributed by atoms with E-state index in [0.717, 1.165) is 18.5 Å². The first-order chi connectivity index (χ1) is 7.75. The first-order valence-corrected chi connectivity index (χ1v) is 5.53. The number of rotatable bonds is 7. The highest BCUT2D eigenvalue weighted by atomic mass is 35.5. The van der Waals surface area contributed by atoms with Gasteiger partial charge in [-0.3, -0.25) is 0 Å². The van der Waals surface area contributed by atoms with Crippen molar-refractivity contribution in [2.24, 2.45) is 0 Å². The van der Waals surface area contributed by atoms with Gasteiger partial charge in [-0.2, -0.15) is 0 Å². The maximum atomic E-state index is 9.63. The molecular weight excluding hydrogens is 226 g/mol. The minimum atomic E-state index is 0.152. The van der Waals surface area contributed by atoms with E-state index < -0.39 is 0 Å². The molecule has 3 nitrogen and oxygen atoms in total. The molecule has 0 aromatic heterocycles. The van der Waals surface area contributed by atoms with Crippen molar-refractivity contribution in [3.05, 3.63) is 41.6 Å². The predicted octanol–water partition coefficient (Wildman–Crippen LogP) is 2.69. The lowest BCUT2D eigenvalue weighted by atomic mass is 10.2. The fourth-order valence-electron chi connectivity index (χ4n) is 1.29. The van der Waals surface area contributed by atoms with E-state index in [2.05, 4.69) is 11.9 Å². The van der Waals surface area contributed by atoms with Crippen LogP contribution in [0.1, 0.15) is 12.0 Å². The van der Waals surface area contributed by atoms with Gasteiger partial charge in [-0.05, 0) is 19.0 Å². The Bertz CT molecular complexity index is 342. The molecule has 1 aromatic carbocycles. The second-order valence-electron chi connectivity index (χ2n) is 3.32. The number of phenols is 1. The third-order valence-corrected chi connectivity index (χ3v) is 2.42. The summed E-state index contributed by atoms with van der Waals surface area (Å²) in [6, 6.07) is 5.33. The zero-order chi connectivity index (χ0) is 11.8. The first-order valence-electron chi connectivity index (χ1n) is 5.15. The Hall–Kier alpha value is -1.19. The number of phenolic OH excluding ortho intramolecular Hbond substituents is 1. The molecule has 1 rings (SSSR count). The Morgan fingerprint density at radius 3 is 3.06 bits per heavy atom. The van der Waals surface area contributed by atoms with Crippen LogP contribution in [0.2, 0.25) is 5.02 Å². The van der Waals surface area contributed by atoms with Gasteiger partial charge in [0.1, 0.15) is 5.75 Å². The summed E-state index contributed by atoms with van der Waals surface area (Å²) >= 11 is 5.79. The van der Waals surface area contributed by atoms with Crippen LogP contribution in [-0.4, -0.2) is 18.3 Å². The monoisotopic (exact) mass is 241 g/mol. The maximum absolute atomic E-state index is 9.63. The fraction of sp³-hybridized carbons (Fsp3) is 0.333. The Morgan fingerprint density at radius 2 is 2.31 bits per heavy atom. The zero-order valence-corrected chi connectivity index (χ0v) is 9.83. The molecule has 4 heteroatoms. The summed E-state index contributed by atoms with van der Waals surface area (Å²) < 4.78 is 4.98. The molecule has 0 unspecified atom stereocenters. The number of hydrogen-bond donors (Lipinski definition) is 2. The number of halogens is 1. The molecule has 16 heavy (non-hydrogen) atoms. The van der Waals surface area contributed by atoms with Gasteiger partial charge in [0.15, 0.2) is 0 Å². The van der Waals surface area contributed by atoms with Gasteiger partial charge in [-0.25, -0.2) is 0 Å². The van der Waals surface area contributed by atoms with E-state index in [4.69, 9.17) is 16.3 Å². The molecule has 0 amide bonds. The van der Waals surface area contributed by atoms with E-state index in [1.165, 1.54) is 6.26 Å². The minimum Gasteiger partial charge on any atom is -0.506 e. The summed E-state index contributed by atoms with van der Waals surface area (Å²) in [7, 11) is 0. The number of ether oxygens (including phenoxy) is 1. The Kier molecular flexibility index (Phi) is 5.75. The molecule has 0 radical (unpaired) electrons. The molecule has 0 atom stereocenters. The Morgan fingerprint density at radius 1 is 1.50 bits per heavy atom. The zero-order valence-electron chi connectivity index (χ0n) is 9.08. The molecule has 0 heterocycles. The normalized spacial score (nSPS) is 10.1. The van der Waals surface area contributed by atoms with Gasteiger partial charge in [0.05, 0.1) is 17.9 Å². The van der Waals surface area contributed by atoms with E-state index in [1.807, 2.05) is 12.1 Å². The molecular formula is C12H16ClNO2. The van der Waals surface area contributed by atoms with E-state index in [1.54, 1.807) is 6.07 Å². The number of benzene rings is 1. The van der Waals surface area contributed by atoms with Crippen molar-refractivity contribution >= 4 is 11.6 Å². The van der Waals surface area contributed by atoms with Crippen molar-refractivity contribution in [1.29, 1.82) is 0 Å². The van der Waals surface area contributed by atoms with Crippen LogP contribution in [0.3, 0.4) is 0 Å². The Labute approximate surface area is 101 Å². The largest absolute Gasteiger partial charge is 0.506 e. The topological polar surface area (TPSA) is 41.5 Å². The van der Waals surface area contributed by atoms with Crippen LogP contribution < -0.4 is 5.32 Å². The smallest absolute Gasteiger partial charge is 0.138 e. The number of nitrogens with one attached hydrogen (secondary N) is 1. The lowest BCUT2D eigenvalue weighted by molar-refractivity contribution is 0.244. The van der Waals surface area contributed by atoms with Crippen molar-refractivity contribution < 1.29 is 9.84 Å². The van der Waals surface area contributed by atoms with E-state index >= 15 is 0 Å². The van der Waals surface area contributed by atoms with Crippen molar-refractivity contribution in [3.8, 4) is 5.75 Å². The lowest BCUT2D eigenvalue weighted by Crippen LogP contribution is -2.16. The van der Waals surface area contributed by atoms with Crippen molar-refractivity contribution in [2.45, 2.75) is 13.0 Å². The van der Waals surface area contributed by atoms with Gasteiger partial charge >= 0.3 is 0 Å². The lowest BCUT2D eigenvalue weighted by Gasteiger charge is -2.07. The van der Waals surface area contributed by atoms with Gasteiger partial charge in [0.2, 0.25) is 0 Å². The van der Waals surface area contributed by atoms with Crippen molar-refractivity contribution in [1.82, 2.24) is 5.32 Å². The van der Waals surface area contributed by atoms with Gasteiger partial charge in [0.25, 0.3) is 0 Å². The molecule has 0 fully saturated rings.